The number of ether oxygens (including phenoxy) is 1. The quantitative estimate of drug-likeness (QED) is 0.623. The molecule has 1 aromatic carbocycles. The van der Waals surface area contributed by atoms with Crippen LogP contribution in [-0.4, -0.2) is 25.0 Å². The second-order valence-electron chi connectivity index (χ2n) is 4.21. The Kier molecular flexibility index (Phi) is 3.42. The molecule has 0 saturated carbocycles. The van der Waals surface area contributed by atoms with E-state index in [1.807, 2.05) is 30.3 Å². The first-order valence-electron chi connectivity index (χ1n) is 5.63. The molecule has 4 heteroatoms. The predicted molar refractivity (Wildman–Crippen MR) is 62.2 cm³/mol. The second-order valence-corrected chi connectivity index (χ2v) is 4.21. The molecule has 0 spiro atoms. The van der Waals surface area contributed by atoms with E-state index < -0.39 is 11.9 Å². The molecule has 1 unspecified atom stereocenters. The first-order chi connectivity index (χ1) is 8.20. The molecule has 1 heterocycles. The maximum atomic E-state index is 11.6. The normalized spacial score (nSPS) is 23.2. The summed E-state index contributed by atoms with van der Waals surface area (Å²) < 4.78 is 4.60. The zero-order valence-corrected chi connectivity index (χ0v) is 9.68. The van der Waals surface area contributed by atoms with Crippen LogP contribution in [-0.2, 0) is 20.7 Å². The van der Waals surface area contributed by atoms with Crippen LogP contribution in [0.5, 0.6) is 0 Å². The van der Waals surface area contributed by atoms with Crippen molar-refractivity contribution in [3.8, 4) is 0 Å². The summed E-state index contributed by atoms with van der Waals surface area (Å²) in [5, 5.41) is 2.83. The van der Waals surface area contributed by atoms with Gasteiger partial charge in [-0.1, -0.05) is 30.3 Å². The van der Waals surface area contributed by atoms with Gasteiger partial charge in [0.05, 0.1) is 7.11 Å². The number of benzene rings is 1. The summed E-state index contributed by atoms with van der Waals surface area (Å²) in [4.78, 5) is 22.9. The Hall–Kier alpha value is -1.84. The van der Waals surface area contributed by atoms with Crippen LogP contribution in [0.1, 0.15) is 12.0 Å². The van der Waals surface area contributed by atoms with Gasteiger partial charge in [0.15, 0.2) is 0 Å². The third-order valence-corrected chi connectivity index (χ3v) is 2.99. The lowest BCUT2D eigenvalue weighted by Crippen LogP contribution is -2.29. The summed E-state index contributed by atoms with van der Waals surface area (Å²) in [6.07, 6.45) is 1.26. The van der Waals surface area contributed by atoms with Crippen molar-refractivity contribution in [2.24, 2.45) is 5.92 Å². The van der Waals surface area contributed by atoms with Gasteiger partial charge >= 0.3 is 5.97 Å². The zero-order chi connectivity index (χ0) is 12.3. The molecule has 1 aliphatic heterocycles. The van der Waals surface area contributed by atoms with Gasteiger partial charge in [-0.3, -0.25) is 9.59 Å². The van der Waals surface area contributed by atoms with Crippen LogP contribution in [0.4, 0.5) is 0 Å². The maximum absolute atomic E-state index is 11.6. The maximum Gasteiger partial charge on any atom is 0.318 e. The molecule has 1 fully saturated rings. The molecule has 1 N–H and O–H groups in total. The number of carbonyl (C=O) groups is 2. The van der Waals surface area contributed by atoms with Gasteiger partial charge in [-0.05, 0) is 18.4 Å². The number of hydrogen-bond acceptors (Lipinski definition) is 3. The van der Waals surface area contributed by atoms with Gasteiger partial charge in [-0.2, -0.15) is 0 Å². The Morgan fingerprint density at radius 3 is 2.76 bits per heavy atom. The number of amides is 1. The van der Waals surface area contributed by atoms with Crippen LogP contribution in [0.2, 0.25) is 0 Å². The third kappa shape index (κ3) is 2.64. The van der Waals surface area contributed by atoms with Crippen molar-refractivity contribution >= 4 is 11.9 Å². The van der Waals surface area contributed by atoms with E-state index in [1.54, 1.807) is 0 Å². The van der Waals surface area contributed by atoms with E-state index >= 15 is 0 Å². The summed E-state index contributed by atoms with van der Waals surface area (Å²) in [5.74, 6) is -1.32. The SMILES string of the molecule is COC(=O)C1C[C@H](Cc2ccccc2)NC1=O. The lowest BCUT2D eigenvalue weighted by molar-refractivity contribution is -0.148. The number of carbonyl (C=O) groups excluding carboxylic acids is 2. The van der Waals surface area contributed by atoms with Gasteiger partial charge in [0.25, 0.3) is 0 Å². The molecule has 90 valence electrons. The minimum Gasteiger partial charge on any atom is -0.468 e. The number of nitrogens with one attached hydrogen (secondary N) is 1. The van der Waals surface area contributed by atoms with E-state index in [1.165, 1.54) is 7.11 Å². The third-order valence-electron chi connectivity index (χ3n) is 2.99. The van der Waals surface area contributed by atoms with Crippen LogP contribution in [0.25, 0.3) is 0 Å². The molecule has 1 aliphatic rings. The van der Waals surface area contributed by atoms with Gasteiger partial charge in [0.2, 0.25) is 5.91 Å². The van der Waals surface area contributed by atoms with Crippen LogP contribution in [0.3, 0.4) is 0 Å². The number of hydrogen-bond donors (Lipinski definition) is 1. The van der Waals surface area contributed by atoms with E-state index in [0.717, 1.165) is 12.0 Å². The summed E-state index contributed by atoms with van der Waals surface area (Å²) in [6.45, 7) is 0. The van der Waals surface area contributed by atoms with Crippen LogP contribution < -0.4 is 5.32 Å². The smallest absolute Gasteiger partial charge is 0.318 e. The molecule has 1 saturated heterocycles. The standard InChI is InChI=1S/C13H15NO3/c1-17-13(16)11-8-10(14-12(11)15)7-9-5-3-2-4-6-9/h2-6,10-11H,7-8H2,1H3,(H,14,15)/t10-,11?/m0/s1. The Balaban J connectivity index is 1.98. The molecule has 0 bridgehead atoms. The molecule has 17 heavy (non-hydrogen) atoms. The van der Waals surface area contributed by atoms with Gasteiger partial charge in [0, 0.05) is 6.04 Å². The topological polar surface area (TPSA) is 55.4 Å². The Bertz CT molecular complexity index is 416. The number of methoxy groups -OCH3 is 1. The Labute approximate surface area is 100.0 Å². The molecular formula is C13H15NO3. The lowest BCUT2D eigenvalue weighted by Gasteiger charge is -2.09. The van der Waals surface area contributed by atoms with Crippen molar-refractivity contribution in [2.45, 2.75) is 18.9 Å². The molecule has 0 aliphatic carbocycles. The molecule has 2 atom stereocenters. The fourth-order valence-corrected chi connectivity index (χ4v) is 2.13. The summed E-state index contributed by atoms with van der Waals surface area (Å²) in [5.41, 5.74) is 1.16. The molecule has 0 radical (unpaired) electrons. The highest BCUT2D eigenvalue weighted by Crippen LogP contribution is 2.19. The number of rotatable bonds is 3. The minimum atomic E-state index is -0.645. The van der Waals surface area contributed by atoms with E-state index in [0.29, 0.717) is 6.42 Å². The van der Waals surface area contributed by atoms with Crippen LogP contribution in [0.15, 0.2) is 30.3 Å². The average molecular weight is 233 g/mol. The van der Waals surface area contributed by atoms with E-state index in [-0.39, 0.29) is 11.9 Å². The van der Waals surface area contributed by atoms with Crippen molar-refractivity contribution < 1.29 is 14.3 Å². The minimum absolute atomic E-state index is 0.0222. The van der Waals surface area contributed by atoms with Gasteiger partial charge in [0.1, 0.15) is 5.92 Å². The predicted octanol–water partition coefficient (Wildman–Crippen LogP) is 0.907. The van der Waals surface area contributed by atoms with E-state index in [2.05, 4.69) is 10.1 Å². The fourth-order valence-electron chi connectivity index (χ4n) is 2.13. The van der Waals surface area contributed by atoms with Gasteiger partial charge in [-0.15, -0.1) is 0 Å². The molecule has 1 amide bonds. The summed E-state index contributed by atoms with van der Waals surface area (Å²) >= 11 is 0. The second kappa shape index (κ2) is 4.99. The first-order valence-corrected chi connectivity index (χ1v) is 5.63. The van der Waals surface area contributed by atoms with Crippen molar-refractivity contribution in [1.82, 2.24) is 5.32 Å². The summed E-state index contributed by atoms with van der Waals surface area (Å²) in [6, 6.07) is 9.92. The molecule has 2 rings (SSSR count). The lowest BCUT2D eigenvalue weighted by atomic mass is 10.00. The van der Waals surface area contributed by atoms with Crippen molar-refractivity contribution in [2.75, 3.05) is 7.11 Å². The average Bonchev–Trinajstić information content (AvgIpc) is 2.70. The molecule has 0 aromatic heterocycles. The van der Waals surface area contributed by atoms with E-state index in [4.69, 9.17) is 0 Å². The Morgan fingerprint density at radius 1 is 1.41 bits per heavy atom. The monoisotopic (exact) mass is 233 g/mol. The largest absolute Gasteiger partial charge is 0.468 e. The van der Waals surface area contributed by atoms with Crippen molar-refractivity contribution in [1.29, 1.82) is 0 Å². The van der Waals surface area contributed by atoms with Crippen LogP contribution >= 0.6 is 0 Å². The molecular weight excluding hydrogens is 218 g/mol. The highest BCUT2D eigenvalue weighted by molar-refractivity contribution is 5.99. The first kappa shape index (κ1) is 11.6. The highest BCUT2D eigenvalue weighted by atomic mass is 16.5. The Morgan fingerprint density at radius 2 is 2.12 bits per heavy atom. The van der Waals surface area contributed by atoms with Gasteiger partial charge < -0.3 is 10.1 Å². The molecule has 1 aromatic rings. The zero-order valence-electron chi connectivity index (χ0n) is 9.68. The van der Waals surface area contributed by atoms with Crippen molar-refractivity contribution in [3.05, 3.63) is 35.9 Å². The summed E-state index contributed by atoms with van der Waals surface area (Å²) in [7, 11) is 1.31. The van der Waals surface area contributed by atoms with E-state index in [9.17, 15) is 9.59 Å². The molecule has 4 nitrogen and oxygen atoms in total. The van der Waals surface area contributed by atoms with Crippen molar-refractivity contribution in [3.63, 3.8) is 0 Å². The number of esters is 1. The highest BCUT2D eigenvalue weighted by Gasteiger charge is 2.37. The van der Waals surface area contributed by atoms with Gasteiger partial charge in [-0.25, -0.2) is 0 Å². The van der Waals surface area contributed by atoms with Crippen LogP contribution in [0, 0.1) is 5.92 Å². The fraction of sp³-hybridized carbons (Fsp3) is 0.385.